The first-order chi connectivity index (χ1) is 10.5. The van der Waals surface area contributed by atoms with Gasteiger partial charge in [0.05, 0.1) is 5.69 Å². The first-order valence-corrected chi connectivity index (χ1v) is 7.88. The van der Waals surface area contributed by atoms with Gasteiger partial charge in [-0.05, 0) is 24.8 Å². The van der Waals surface area contributed by atoms with Crippen LogP contribution in [-0.4, -0.2) is 20.2 Å². The minimum Gasteiger partial charge on any atom is -0.381 e. The van der Waals surface area contributed by atoms with Gasteiger partial charge in [-0.15, -0.1) is 0 Å². The van der Waals surface area contributed by atoms with Gasteiger partial charge < -0.3 is 5.32 Å². The predicted octanol–water partition coefficient (Wildman–Crippen LogP) is 1.55. The van der Waals surface area contributed by atoms with Crippen molar-refractivity contribution in [3.05, 3.63) is 32.6 Å². The van der Waals surface area contributed by atoms with E-state index in [1.807, 2.05) is 0 Å². The van der Waals surface area contributed by atoms with E-state index in [4.69, 9.17) is 0 Å². The Morgan fingerprint density at radius 1 is 1.23 bits per heavy atom. The number of aryl methyl sites for hydroxylation is 2. The van der Waals surface area contributed by atoms with Crippen LogP contribution in [0.4, 0.5) is 5.69 Å². The van der Waals surface area contributed by atoms with Gasteiger partial charge in [0.25, 0.3) is 5.56 Å². The van der Waals surface area contributed by atoms with Crippen LogP contribution in [0, 0.1) is 0 Å². The van der Waals surface area contributed by atoms with Crippen molar-refractivity contribution in [2.75, 3.05) is 5.32 Å². The van der Waals surface area contributed by atoms with Crippen molar-refractivity contribution in [3.63, 3.8) is 0 Å². The quantitative estimate of drug-likeness (QED) is 0.934. The zero-order valence-corrected chi connectivity index (χ0v) is 13.3. The number of rotatable bonds is 3. The van der Waals surface area contributed by atoms with E-state index in [0.717, 1.165) is 35.1 Å². The molecule has 118 valence electrons. The molecule has 1 saturated carbocycles. The van der Waals surface area contributed by atoms with Crippen molar-refractivity contribution in [1.82, 2.24) is 14.1 Å². The van der Waals surface area contributed by atoms with Crippen molar-refractivity contribution >= 4 is 16.7 Å². The summed E-state index contributed by atoms with van der Waals surface area (Å²) >= 11 is 0. The Labute approximate surface area is 128 Å². The van der Waals surface area contributed by atoms with Crippen molar-refractivity contribution < 1.29 is 0 Å². The standard InChI is InChI=1S/C16H22N4O2/c1-4-10-9-17-14-12(13(10)18-11-7-5-6-8-11)15(21)20(3)16(22)19(14)2/h9,11H,4-8H2,1-3H3,(H,17,18). The maximum Gasteiger partial charge on any atom is 0.332 e. The summed E-state index contributed by atoms with van der Waals surface area (Å²) in [5.41, 5.74) is 1.71. The molecule has 0 aliphatic heterocycles. The van der Waals surface area contributed by atoms with E-state index in [2.05, 4.69) is 17.2 Å². The Hall–Kier alpha value is -2.11. The highest BCUT2D eigenvalue weighted by Gasteiger charge is 2.21. The van der Waals surface area contributed by atoms with Crippen LogP contribution in [0.2, 0.25) is 0 Å². The zero-order valence-electron chi connectivity index (χ0n) is 13.3. The van der Waals surface area contributed by atoms with Gasteiger partial charge in [-0.2, -0.15) is 0 Å². The smallest absolute Gasteiger partial charge is 0.332 e. The molecule has 0 spiro atoms. The van der Waals surface area contributed by atoms with Gasteiger partial charge in [0, 0.05) is 26.3 Å². The second kappa shape index (κ2) is 5.59. The van der Waals surface area contributed by atoms with Crippen molar-refractivity contribution in [2.24, 2.45) is 14.1 Å². The minimum absolute atomic E-state index is 0.276. The third-order valence-electron chi connectivity index (χ3n) is 4.63. The number of hydrogen-bond acceptors (Lipinski definition) is 4. The Morgan fingerprint density at radius 3 is 2.55 bits per heavy atom. The average molecular weight is 302 g/mol. The van der Waals surface area contributed by atoms with Gasteiger partial charge in [0.1, 0.15) is 5.39 Å². The summed E-state index contributed by atoms with van der Waals surface area (Å²) in [6, 6.07) is 0.401. The van der Waals surface area contributed by atoms with Crippen LogP contribution in [0.1, 0.15) is 38.2 Å². The SMILES string of the molecule is CCc1cnc2c(c1NC1CCCC1)c(=O)n(C)c(=O)n2C. The summed E-state index contributed by atoms with van der Waals surface area (Å²) in [7, 11) is 3.17. The molecule has 0 atom stereocenters. The fourth-order valence-corrected chi connectivity index (χ4v) is 3.27. The third-order valence-corrected chi connectivity index (χ3v) is 4.63. The van der Waals surface area contributed by atoms with Gasteiger partial charge in [0.15, 0.2) is 5.65 Å². The van der Waals surface area contributed by atoms with Gasteiger partial charge in [0.2, 0.25) is 0 Å². The number of nitrogens with zero attached hydrogens (tertiary/aromatic N) is 3. The van der Waals surface area contributed by atoms with Gasteiger partial charge in [-0.25, -0.2) is 9.78 Å². The zero-order chi connectivity index (χ0) is 15.9. The summed E-state index contributed by atoms with van der Waals surface area (Å²) < 4.78 is 2.60. The van der Waals surface area contributed by atoms with Crippen molar-refractivity contribution in [2.45, 2.75) is 45.1 Å². The molecule has 6 nitrogen and oxygen atoms in total. The molecule has 1 fully saturated rings. The van der Waals surface area contributed by atoms with Crippen LogP contribution in [0.25, 0.3) is 11.0 Å². The van der Waals surface area contributed by atoms with Crippen molar-refractivity contribution in [3.8, 4) is 0 Å². The normalized spacial score (nSPS) is 15.6. The number of aromatic nitrogens is 3. The Bertz CT molecular complexity index is 829. The molecule has 3 rings (SSSR count). The fourth-order valence-electron chi connectivity index (χ4n) is 3.27. The molecule has 0 saturated heterocycles. The average Bonchev–Trinajstić information content (AvgIpc) is 3.03. The highest BCUT2D eigenvalue weighted by molar-refractivity contribution is 5.90. The first kappa shape index (κ1) is 14.8. The molecule has 2 aromatic heterocycles. The summed E-state index contributed by atoms with van der Waals surface area (Å²) in [6.45, 7) is 2.05. The highest BCUT2D eigenvalue weighted by atomic mass is 16.2. The molecule has 6 heteroatoms. The third kappa shape index (κ3) is 2.23. The van der Waals surface area contributed by atoms with Crippen LogP contribution in [0.15, 0.2) is 15.8 Å². The Balaban J connectivity index is 2.31. The van der Waals surface area contributed by atoms with Crippen LogP contribution in [-0.2, 0) is 20.5 Å². The largest absolute Gasteiger partial charge is 0.381 e. The number of fused-ring (bicyclic) bond motifs is 1. The van der Waals surface area contributed by atoms with Crippen LogP contribution in [0.3, 0.4) is 0 Å². The second-order valence-corrected chi connectivity index (χ2v) is 6.04. The second-order valence-electron chi connectivity index (χ2n) is 6.04. The van der Waals surface area contributed by atoms with E-state index >= 15 is 0 Å². The van der Waals surface area contributed by atoms with E-state index in [1.165, 1.54) is 24.5 Å². The molecule has 0 aromatic carbocycles. The molecule has 0 amide bonds. The molecule has 1 N–H and O–H groups in total. The summed E-state index contributed by atoms with van der Waals surface area (Å²) in [5.74, 6) is 0. The van der Waals surface area contributed by atoms with Gasteiger partial charge in [-0.1, -0.05) is 19.8 Å². The molecule has 22 heavy (non-hydrogen) atoms. The van der Waals surface area contributed by atoms with E-state index in [-0.39, 0.29) is 11.2 Å². The number of anilines is 1. The highest BCUT2D eigenvalue weighted by Crippen LogP contribution is 2.28. The summed E-state index contributed by atoms with van der Waals surface area (Å²) in [4.78, 5) is 29.1. The van der Waals surface area contributed by atoms with Crippen LogP contribution >= 0.6 is 0 Å². The lowest BCUT2D eigenvalue weighted by atomic mass is 10.1. The van der Waals surface area contributed by atoms with E-state index < -0.39 is 0 Å². The van der Waals surface area contributed by atoms with Crippen molar-refractivity contribution in [1.29, 1.82) is 0 Å². The fraction of sp³-hybridized carbons (Fsp3) is 0.562. The maximum atomic E-state index is 12.6. The lowest BCUT2D eigenvalue weighted by Gasteiger charge is -2.19. The van der Waals surface area contributed by atoms with Gasteiger partial charge in [-0.3, -0.25) is 13.9 Å². The van der Waals surface area contributed by atoms with Gasteiger partial charge >= 0.3 is 5.69 Å². The minimum atomic E-state index is -0.346. The molecule has 0 bridgehead atoms. The molecule has 0 unspecified atom stereocenters. The molecule has 2 aromatic rings. The predicted molar refractivity (Wildman–Crippen MR) is 87.5 cm³/mol. The maximum absolute atomic E-state index is 12.6. The molecule has 1 aliphatic rings. The number of nitrogens with one attached hydrogen (secondary N) is 1. The molecular formula is C16H22N4O2. The topological polar surface area (TPSA) is 68.9 Å². The lowest BCUT2D eigenvalue weighted by molar-refractivity contribution is 0.705. The summed E-state index contributed by atoms with van der Waals surface area (Å²) in [6.07, 6.45) is 7.26. The monoisotopic (exact) mass is 302 g/mol. The number of pyridine rings is 1. The Kier molecular flexibility index (Phi) is 3.76. The van der Waals surface area contributed by atoms with Crippen LogP contribution in [0.5, 0.6) is 0 Å². The van der Waals surface area contributed by atoms with Crippen LogP contribution < -0.4 is 16.6 Å². The Morgan fingerprint density at radius 2 is 1.91 bits per heavy atom. The summed E-state index contributed by atoms with van der Waals surface area (Å²) in [5, 5.41) is 4.07. The van der Waals surface area contributed by atoms with E-state index in [9.17, 15) is 9.59 Å². The lowest BCUT2D eigenvalue weighted by Crippen LogP contribution is -2.38. The molecule has 1 aliphatic carbocycles. The molecular weight excluding hydrogens is 280 g/mol. The number of hydrogen-bond donors (Lipinski definition) is 1. The first-order valence-electron chi connectivity index (χ1n) is 7.88. The van der Waals surface area contributed by atoms with E-state index in [0.29, 0.717) is 17.1 Å². The molecule has 2 heterocycles. The van der Waals surface area contributed by atoms with E-state index in [1.54, 1.807) is 13.2 Å². The molecule has 0 radical (unpaired) electrons.